The topological polar surface area (TPSA) is 106 Å². The molecule has 10 heteroatoms. The number of carbonyl (C=O) groups is 1. The van der Waals surface area contributed by atoms with Crippen molar-refractivity contribution in [3.8, 4) is 0 Å². The lowest BCUT2D eigenvalue weighted by Crippen LogP contribution is -2.18. The van der Waals surface area contributed by atoms with Crippen molar-refractivity contribution < 1.29 is 13.2 Å². The van der Waals surface area contributed by atoms with E-state index in [1.54, 1.807) is 59.7 Å². The molecule has 0 unspecified atom stereocenters. The third kappa shape index (κ3) is 3.71. The van der Waals surface area contributed by atoms with E-state index >= 15 is 0 Å². The van der Waals surface area contributed by atoms with Gasteiger partial charge >= 0.3 is 0 Å². The first-order valence-electron chi connectivity index (χ1n) is 8.61. The first-order valence-corrected chi connectivity index (χ1v) is 11.0. The van der Waals surface area contributed by atoms with Gasteiger partial charge in [0.05, 0.1) is 28.8 Å². The summed E-state index contributed by atoms with van der Waals surface area (Å²) in [5.41, 5.74) is 2.41. The minimum absolute atomic E-state index is 0.175. The lowest BCUT2D eigenvalue weighted by Gasteiger charge is -2.12. The van der Waals surface area contributed by atoms with E-state index in [0.717, 1.165) is 22.4 Å². The third-order valence-corrected chi connectivity index (χ3v) is 7.06. The average molecular weight is 428 g/mol. The van der Waals surface area contributed by atoms with E-state index in [2.05, 4.69) is 20.1 Å². The zero-order chi connectivity index (χ0) is 20.6. The van der Waals surface area contributed by atoms with Crippen molar-refractivity contribution in [1.29, 1.82) is 0 Å². The fourth-order valence-corrected chi connectivity index (χ4v) is 5.03. The SMILES string of the molecule is Cc1nn(C)c2ncc(NC(=O)c3ccccc3NS(=O)(=O)c3cccs3)cc12. The number of aromatic nitrogens is 3. The Morgan fingerprint density at radius 3 is 2.72 bits per heavy atom. The maximum atomic E-state index is 12.8. The van der Waals surface area contributed by atoms with Crippen molar-refractivity contribution in [3.05, 3.63) is 65.3 Å². The number of hydrogen-bond donors (Lipinski definition) is 2. The second-order valence-electron chi connectivity index (χ2n) is 6.34. The van der Waals surface area contributed by atoms with E-state index in [1.807, 2.05) is 6.92 Å². The fraction of sp³-hybridized carbons (Fsp3) is 0.105. The van der Waals surface area contributed by atoms with Crippen molar-refractivity contribution in [1.82, 2.24) is 14.8 Å². The number of thiophene rings is 1. The maximum absolute atomic E-state index is 12.8. The van der Waals surface area contributed by atoms with Gasteiger partial charge in [0.25, 0.3) is 15.9 Å². The van der Waals surface area contributed by atoms with Crippen LogP contribution in [-0.2, 0) is 17.1 Å². The molecule has 4 aromatic rings. The molecule has 29 heavy (non-hydrogen) atoms. The lowest BCUT2D eigenvalue weighted by molar-refractivity contribution is 0.102. The van der Waals surface area contributed by atoms with Gasteiger partial charge in [-0.3, -0.25) is 14.2 Å². The summed E-state index contributed by atoms with van der Waals surface area (Å²) in [5.74, 6) is -0.447. The molecule has 0 saturated heterocycles. The Hall–Kier alpha value is -3.24. The number of pyridine rings is 1. The van der Waals surface area contributed by atoms with Crippen LogP contribution in [0.15, 0.2) is 58.3 Å². The molecule has 0 radical (unpaired) electrons. The molecule has 3 heterocycles. The van der Waals surface area contributed by atoms with Gasteiger partial charge in [0.15, 0.2) is 5.65 Å². The number of nitrogens with zero attached hydrogens (tertiary/aromatic N) is 3. The number of rotatable bonds is 5. The summed E-state index contributed by atoms with van der Waals surface area (Å²) in [4.78, 5) is 17.2. The van der Waals surface area contributed by atoms with Gasteiger partial charge in [-0.15, -0.1) is 11.3 Å². The van der Waals surface area contributed by atoms with E-state index in [4.69, 9.17) is 0 Å². The van der Waals surface area contributed by atoms with Gasteiger partial charge in [-0.05, 0) is 36.6 Å². The summed E-state index contributed by atoms with van der Waals surface area (Å²) in [5, 5.41) is 9.60. The van der Waals surface area contributed by atoms with Crippen LogP contribution in [0.1, 0.15) is 16.1 Å². The van der Waals surface area contributed by atoms with Crippen LogP contribution >= 0.6 is 11.3 Å². The molecule has 148 valence electrons. The molecule has 0 aliphatic carbocycles. The molecule has 1 amide bonds. The zero-order valence-electron chi connectivity index (χ0n) is 15.6. The van der Waals surface area contributed by atoms with Crippen LogP contribution in [0.25, 0.3) is 11.0 Å². The van der Waals surface area contributed by atoms with Gasteiger partial charge in [0.1, 0.15) is 4.21 Å². The highest BCUT2D eigenvalue weighted by Gasteiger charge is 2.19. The van der Waals surface area contributed by atoms with Crippen molar-refractivity contribution in [2.45, 2.75) is 11.1 Å². The fourth-order valence-electron chi connectivity index (χ4n) is 2.96. The van der Waals surface area contributed by atoms with Crippen LogP contribution in [0.4, 0.5) is 11.4 Å². The van der Waals surface area contributed by atoms with E-state index < -0.39 is 15.9 Å². The molecular formula is C19H17N5O3S2. The molecule has 0 bridgehead atoms. The number of fused-ring (bicyclic) bond motifs is 1. The summed E-state index contributed by atoms with van der Waals surface area (Å²) in [6, 6.07) is 11.4. The number of benzene rings is 1. The number of nitrogens with one attached hydrogen (secondary N) is 2. The van der Waals surface area contributed by atoms with Crippen LogP contribution < -0.4 is 10.0 Å². The molecule has 8 nitrogen and oxygen atoms in total. The molecule has 1 aromatic carbocycles. The highest BCUT2D eigenvalue weighted by molar-refractivity contribution is 7.94. The number of carbonyl (C=O) groups excluding carboxylic acids is 1. The predicted octanol–water partition coefficient (Wildman–Crippen LogP) is 3.39. The number of hydrogen-bond acceptors (Lipinski definition) is 6. The number of amides is 1. The van der Waals surface area contributed by atoms with Crippen molar-refractivity contribution in [3.63, 3.8) is 0 Å². The molecule has 2 N–H and O–H groups in total. The molecule has 0 aliphatic rings. The largest absolute Gasteiger partial charge is 0.321 e. The van der Waals surface area contributed by atoms with E-state index in [1.165, 1.54) is 6.07 Å². The van der Waals surface area contributed by atoms with Gasteiger partial charge in [0, 0.05) is 12.4 Å². The number of para-hydroxylation sites is 1. The second kappa shape index (κ2) is 7.30. The Balaban J connectivity index is 1.62. The van der Waals surface area contributed by atoms with Crippen LogP contribution in [0.2, 0.25) is 0 Å². The minimum Gasteiger partial charge on any atom is -0.321 e. The first-order chi connectivity index (χ1) is 13.8. The highest BCUT2D eigenvalue weighted by Crippen LogP contribution is 2.24. The summed E-state index contributed by atoms with van der Waals surface area (Å²) < 4.78 is 29.4. The lowest BCUT2D eigenvalue weighted by atomic mass is 10.1. The Morgan fingerprint density at radius 1 is 1.17 bits per heavy atom. The van der Waals surface area contributed by atoms with Gasteiger partial charge in [-0.25, -0.2) is 13.4 Å². The standard InChI is InChI=1S/C19H17N5O3S2/c1-12-15-10-13(11-20-18(15)24(2)22-12)21-19(25)14-6-3-4-7-16(14)23-29(26,27)17-8-5-9-28-17/h3-11,23H,1-2H3,(H,21,25). The quantitative estimate of drug-likeness (QED) is 0.508. The molecule has 4 rings (SSSR count). The number of sulfonamides is 1. The molecule has 0 fully saturated rings. The van der Waals surface area contributed by atoms with Gasteiger partial charge in [-0.1, -0.05) is 18.2 Å². The van der Waals surface area contributed by atoms with E-state index in [9.17, 15) is 13.2 Å². The zero-order valence-corrected chi connectivity index (χ0v) is 17.2. The van der Waals surface area contributed by atoms with Crippen molar-refractivity contribution in [2.75, 3.05) is 10.0 Å². The normalized spacial score (nSPS) is 11.5. The summed E-state index contributed by atoms with van der Waals surface area (Å²) >= 11 is 1.10. The van der Waals surface area contributed by atoms with Crippen LogP contribution in [0, 0.1) is 6.92 Å². The summed E-state index contributed by atoms with van der Waals surface area (Å²) in [6.07, 6.45) is 1.54. The van der Waals surface area contributed by atoms with E-state index in [-0.39, 0.29) is 15.5 Å². The van der Waals surface area contributed by atoms with Crippen molar-refractivity contribution in [2.24, 2.45) is 7.05 Å². The molecule has 0 saturated carbocycles. The minimum atomic E-state index is -3.77. The van der Waals surface area contributed by atoms with Gasteiger partial charge < -0.3 is 5.32 Å². The molecule has 0 aliphatic heterocycles. The smallest absolute Gasteiger partial charge is 0.271 e. The number of anilines is 2. The van der Waals surface area contributed by atoms with Crippen LogP contribution in [0.5, 0.6) is 0 Å². The summed E-state index contributed by atoms with van der Waals surface area (Å²) in [7, 11) is -1.96. The highest BCUT2D eigenvalue weighted by atomic mass is 32.2. The molecule has 0 atom stereocenters. The van der Waals surface area contributed by atoms with Crippen molar-refractivity contribution >= 4 is 49.7 Å². The average Bonchev–Trinajstić information content (AvgIpc) is 3.32. The van der Waals surface area contributed by atoms with Crippen LogP contribution in [0.3, 0.4) is 0 Å². The number of aryl methyl sites for hydroxylation is 2. The first kappa shape index (κ1) is 19.1. The Morgan fingerprint density at radius 2 is 1.97 bits per heavy atom. The maximum Gasteiger partial charge on any atom is 0.271 e. The Labute approximate surface area is 171 Å². The Bertz CT molecular complexity index is 1310. The van der Waals surface area contributed by atoms with Gasteiger partial charge in [0.2, 0.25) is 0 Å². The molecular weight excluding hydrogens is 410 g/mol. The second-order valence-corrected chi connectivity index (χ2v) is 9.20. The molecule has 0 spiro atoms. The van der Waals surface area contributed by atoms with Gasteiger partial charge in [-0.2, -0.15) is 5.10 Å². The van der Waals surface area contributed by atoms with Crippen LogP contribution in [-0.4, -0.2) is 29.1 Å². The predicted molar refractivity (Wildman–Crippen MR) is 113 cm³/mol. The third-order valence-electron chi connectivity index (χ3n) is 4.30. The van der Waals surface area contributed by atoms with E-state index in [0.29, 0.717) is 11.3 Å². The Kier molecular flexibility index (Phi) is 4.81. The summed E-state index contributed by atoms with van der Waals surface area (Å²) in [6.45, 7) is 1.87. The molecule has 3 aromatic heterocycles. The monoisotopic (exact) mass is 427 g/mol.